The van der Waals surface area contributed by atoms with Crippen LogP contribution in [0.4, 0.5) is 4.79 Å². The quantitative estimate of drug-likeness (QED) is 0.490. The standard InChI is InChI=1S/C28H42ClN3O5/c1-6-31(22-17-24(26(34)36-5)32(18-22)21-10-8-7-9-11-21)25(33)23(30-27(35)37-28(2,3)4)16-19-12-14-20(29)15-13-19/h12-15,21-24H,6-11,16-18H2,1-5H3,(H,30,35)/t22-,23-,24-/m0/s1. The topological polar surface area (TPSA) is 88.2 Å². The second-order valence-corrected chi connectivity index (χ2v) is 11.5. The Morgan fingerprint density at radius 1 is 1.14 bits per heavy atom. The van der Waals surface area contributed by atoms with E-state index < -0.39 is 17.7 Å². The first-order chi connectivity index (χ1) is 17.5. The third kappa shape index (κ3) is 8.08. The number of benzene rings is 1. The normalized spacial score (nSPS) is 21.8. The summed E-state index contributed by atoms with van der Waals surface area (Å²) in [5.74, 6) is -0.441. The number of ether oxygens (including phenoxy) is 2. The van der Waals surface area contributed by atoms with Gasteiger partial charge in [0.25, 0.3) is 0 Å². The van der Waals surface area contributed by atoms with E-state index in [9.17, 15) is 14.4 Å². The molecule has 2 fully saturated rings. The highest BCUT2D eigenvalue weighted by molar-refractivity contribution is 6.30. The highest BCUT2D eigenvalue weighted by atomic mass is 35.5. The number of rotatable bonds is 8. The molecule has 0 radical (unpaired) electrons. The van der Waals surface area contributed by atoms with E-state index in [1.807, 2.05) is 19.1 Å². The minimum atomic E-state index is -0.823. The number of methoxy groups -OCH3 is 1. The molecule has 0 bridgehead atoms. The molecule has 1 aromatic carbocycles. The molecule has 9 heteroatoms. The molecule has 1 aliphatic carbocycles. The fraction of sp³-hybridized carbons (Fsp3) is 0.679. The summed E-state index contributed by atoms with van der Waals surface area (Å²) in [5, 5.41) is 3.41. The van der Waals surface area contributed by atoms with Gasteiger partial charge in [-0.2, -0.15) is 0 Å². The summed E-state index contributed by atoms with van der Waals surface area (Å²) in [6.07, 6.45) is 5.81. The van der Waals surface area contributed by atoms with Crippen LogP contribution in [0.3, 0.4) is 0 Å². The van der Waals surface area contributed by atoms with Gasteiger partial charge in [0.2, 0.25) is 5.91 Å². The molecule has 0 aromatic heterocycles. The van der Waals surface area contributed by atoms with Crippen LogP contribution in [0.2, 0.25) is 5.02 Å². The molecule has 37 heavy (non-hydrogen) atoms. The van der Waals surface area contributed by atoms with Crippen molar-refractivity contribution in [3.05, 3.63) is 34.9 Å². The first-order valence-corrected chi connectivity index (χ1v) is 13.8. The average Bonchev–Trinajstić information content (AvgIpc) is 3.29. The molecular weight excluding hydrogens is 494 g/mol. The van der Waals surface area contributed by atoms with E-state index in [0.717, 1.165) is 31.2 Å². The van der Waals surface area contributed by atoms with Crippen molar-refractivity contribution in [1.29, 1.82) is 0 Å². The summed E-state index contributed by atoms with van der Waals surface area (Å²) in [5.41, 5.74) is 0.180. The summed E-state index contributed by atoms with van der Waals surface area (Å²) >= 11 is 6.05. The Hall–Kier alpha value is -2.32. The van der Waals surface area contributed by atoms with Gasteiger partial charge in [0, 0.05) is 36.6 Å². The van der Waals surface area contributed by atoms with E-state index in [1.54, 1.807) is 37.8 Å². The molecule has 1 aromatic rings. The van der Waals surface area contributed by atoms with Crippen molar-refractivity contribution in [2.24, 2.45) is 0 Å². The number of hydrogen-bond acceptors (Lipinski definition) is 6. The van der Waals surface area contributed by atoms with E-state index >= 15 is 0 Å². The zero-order chi connectivity index (χ0) is 27.2. The largest absolute Gasteiger partial charge is 0.468 e. The molecule has 3 rings (SSSR count). The maximum Gasteiger partial charge on any atom is 0.408 e. The highest BCUT2D eigenvalue weighted by Gasteiger charge is 2.45. The predicted molar refractivity (Wildman–Crippen MR) is 143 cm³/mol. The number of halogens is 1. The lowest BCUT2D eigenvalue weighted by Gasteiger charge is -2.35. The van der Waals surface area contributed by atoms with Crippen molar-refractivity contribution < 1.29 is 23.9 Å². The molecule has 3 atom stereocenters. The predicted octanol–water partition coefficient (Wildman–Crippen LogP) is 4.57. The summed E-state index contributed by atoms with van der Waals surface area (Å²) in [6, 6.07) is 6.21. The lowest BCUT2D eigenvalue weighted by Crippen LogP contribution is -2.54. The van der Waals surface area contributed by atoms with Crippen LogP contribution in [0.1, 0.15) is 71.8 Å². The summed E-state index contributed by atoms with van der Waals surface area (Å²) < 4.78 is 10.6. The molecule has 2 aliphatic rings. The minimum Gasteiger partial charge on any atom is -0.468 e. The van der Waals surface area contributed by atoms with Gasteiger partial charge in [0.1, 0.15) is 17.7 Å². The molecular formula is C28H42ClN3O5. The molecule has 0 spiro atoms. The van der Waals surface area contributed by atoms with E-state index in [2.05, 4.69) is 10.2 Å². The zero-order valence-corrected chi connectivity index (χ0v) is 23.6. The van der Waals surface area contributed by atoms with Crippen LogP contribution in [0.15, 0.2) is 24.3 Å². The van der Waals surface area contributed by atoms with Crippen LogP contribution in [0, 0.1) is 0 Å². The number of alkyl carbamates (subject to hydrolysis) is 1. The number of esters is 1. The second-order valence-electron chi connectivity index (χ2n) is 11.1. The lowest BCUT2D eigenvalue weighted by atomic mass is 9.94. The molecule has 1 aliphatic heterocycles. The van der Waals surface area contributed by atoms with Crippen molar-refractivity contribution in [3.63, 3.8) is 0 Å². The second kappa shape index (κ2) is 13.0. The average molecular weight is 536 g/mol. The molecule has 1 N–H and O–H groups in total. The summed E-state index contributed by atoms with van der Waals surface area (Å²) in [6.45, 7) is 8.36. The molecule has 0 unspecified atom stereocenters. The first kappa shape index (κ1) is 29.2. The van der Waals surface area contributed by atoms with E-state index in [4.69, 9.17) is 21.1 Å². The van der Waals surface area contributed by atoms with E-state index in [1.165, 1.54) is 13.5 Å². The molecule has 1 saturated carbocycles. The Labute approximate surface area is 226 Å². The van der Waals surface area contributed by atoms with Crippen molar-refractivity contribution in [3.8, 4) is 0 Å². The maximum absolute atomic E-state index is 14.0. The van der Waals surface area contributed by atoms with Crippen LogP contribution >= 0.6 is 11.6 Å². The third-order valence-corrected chi connectivity index (χ3v) is 7.49. The Morgan fingerprint density at radius 3 is 2.35 bits per heavy atom. The first-order valence-electron chi connectivity index (χ1n) is 13.4. The van der Waals surface area contributed by atoms with Gasteiger partial charge in [-0.1, -0.05) is 43.0 Å². The van der Waals surface area contributed by atoms with Gasteiger partial charge in [-0.05, 0) is 64.7 Å². The zero-order valence-electron chi connectivity index (χ0n) is 22.8. The van der Waals surface area contributed by atoms with Gasteiger partial charge in [-0.15, -0.1) is 0 Å². The van der Waals surface area contributed by atoms with Crippen molar-refractivity contribution >= 4 is 29.6 Å². The number of likely N-dealkylation sites (tertiary alicyclic amines) is 1. The lowest BCUT2D eigenvalue weighted by molar-refractivity contribution is -0.147. The number of likely N-dealkylation sites (N-methyl/N-ethyl adjacent to an activating group) is 1. The minimum absolute atomic E-state index is 0.156. The van der Waals surface area contributed by atoms with E-state index in [0.29, 0.717) is 37.0 Å². The van der Waals surface area contributed by atoms with Crippen molar-refractivity contribution in [1.82, 2.24) is 15.1 Å². The van der Waals surface area contributed by atoms with Crippen LogP contribution < -0.4 is 5.32 Å². The van der Waals surface area contributed by atoms with Crippen LogP contribution in [-0.4, -0.2) is 77.7 Å². The molecule has 206 valence electrons. The Morgan fingerprint density at radius 2 is 1.78 bits per heavy atom. The Balaban J connectivity index is 1.82. The van der Waals surface area contributed by atoms with Gasteiger partial charge in [-0.3, -0.25) is 14.5 Å². The fourth-order valence-electron chi connectivity index (χ4n) is 5.55. The number of carbonyl (C=O) groups is 3. The van der Waals surface area contributed by atoms with Crippen molar-refractivity contribution in [2.45, 2.75) is 102 Å². The SMILES string of the molecule is CCN(C(=O)[C@H](Cc1ccc(Cl)cc1)NC(=O)OC(C)(C)C)[C@H]1C[C@@H](C(=O)OC)N(C2CCCCC2)C1. The van der Waals surface area contributed by atoms with Gasteiger partial charge >= 0.3 is 12.1 Å². The smallest absolute Gasteiger partial charge is 0.408 e. The fourth-order valence-corrected chi connectivity index (χ4v) is 5.67. The van der Waals surface area contributed by atoms with Crippen LogP contribution in [-0.2, 0) is 25.5 Å². The molecule has 2 amide bonds. The highest BCUT2D eigenvalue weighted by Crippen LogP contribution is 2.32. The van der Waals surface area contributed by atoms with Gasteiger partial charge in [0.15, 0.2) is 0 Å². The summed E-state index contributed by atoms with van der Waals surface area (Å²) in [4.78, 5) is 43.4. The number of hydrogen-bond donors (Lipinski definition) is 1. The number of carbonyl (C=O) groups excluding carboxylic acids is 3. The number of nitrogens with one attached hydrogen (secondary N) is 1. The van der Waals surface area contributed by atoms with Crippen LogP contribution in [0.25, 0.3) is 0 Å². The third-order valence-electron chi connectivity index (χ3n) is 7.24. The monoisotopic (exact) mass is 535 g/mol. The molecule has 1 heterocycles. The molecule has 8 nitrogen and oxygen atoms in total. The number of amides is 2. The van der Waals surface area contributed by atoms with Gasteiger partial charge in [-0.25, -0.2) is 4.79 Å². The molecule has 1 saturated heterocycles. The number of nitrogens with zero attached hydrogens (tertiary/aromatic N) is 2. The maximum atomic E-state index is 14.0. The van der Waals surface area contributed by atoms with Gasteiger partial charge < -0.3 is 19.7 Å². The Bertz CT molecular complexity index is 927. The summed E-state index contributed by atoms with van der Waals surface area (Å²) in [7, 11) is 1.42. The van der Waals surface area contributed by atoms with Gasteiger partial charge in [0.05, 0.1) is 7.11 Å². The van der Waals surface area contributed by atoms with E-state index in [-0.39, 0.29) is 24.0 Å². The van der Waals surface area contributed by atoms with Crippen LogP contribution in [0.5, 0.6) is 0 Å². The Kier molecular flexibility index (Phi) is 10.2. The van der Waals surface area contributed by atoms with Crippen molar-refractivity contribution in [2.75, 3.05) is 20.2 Å².